The first-order valence-electron chi connectivity index (χ1n) is 5.71. The monoisotopic (exact) mass is 238 g/mol. The highest BCUT2D eigenvalue weighted by Gasteiger charge is 1.98. The lowest BCUT2D eigenvalue weighted by molar-refractivity contribution is -0.111. The quantitative estimate of drug-likeness (QED) is 0.835. The third kappa shape index (κ3) is 3.28. The van der Waals surface area contributed by atoms with E-state index >= 15 is 0 Å². The molecule has 0 aliphatic rings. The molecule has 0 fully saturated rings. The molecular weight excluding hydrogens is 224 g/mol. The number of amides is 1. The molecule has 0 aliphatic heterocycles. The van der Waals surface area contributed by atoms with Crippen molar-refractivity contribution in [2.45, 2.75) is 6.92 Å². The normalized spacial score (nSPS) is 10.5. The third-order valence-electron chi connectivity index (χ3n) is 2.52. The van der Waals surface area contributed by atoms with Gasteiger partial charge >= 0.3 is 0 Å². The minimum absolute atomic E-state index is 0.183. The molecule has 1 aromatic heterocycles. The summed E-state index contributed by atoms with van der Waals surface area (Å²) in [5, 5.41) is 2.69. The summed E-state index contributed by atoms with van der Waals surface area (Å²) in [6.45, 7) is 2.01. The molecular formula is C15H14N2O. The van der Waals surface area contributed by atoms with Crippen LogP contribution < -0.4 is 5.32 Å². The molecule has 1 amide bonds. The summed E-state index contributed by atoms with van der Waals surface area (Å²) in [6, 6.07) is 13.3. The first kappa shape index (κ1) is 12.0. The molecule has 0 atom stereocenters. The predicted octanol–water partition coefficient (Wildman–Crippen LogP) is 3.04. The third-order valence-corrected chi connectivity index (χ3v) is 2.52. The Morgan fingerprint density at radius 3 is 2.67 bits per heavy atom. The van der Waals surface area contributed by atoms with E-state index in [1.807, 2.05) is 37.3 Å². The molecule has 0 aliphatic carbocycles. The Balaban J connectivity index is 2.02. The molecule has 0 radical (unpaired) electrons. The Bertz CT molecular complexity index is 562. The Hall–Kier alpha value is -2.42. The molecule has 0 unspecified atom stereocenters. The van der Waals surface area contributed by atoms with Gasteiger partial charge in [0.05, 0.1) is 0 Å². The van der Waals surface area contributed by atoms with Crippen LogP contribution in [-0.4, -0.2) is 10.9 Å². The number of hydrogen-bond donors (Lipinski definition) is 1. The molecule has 0 saturated heterocycles. The lowest BCUT2D eigenvalue weighted by Gasteiger charge is -2.00. The lowest BCUT2D eigenvalue weighted by Crippen LogP contribution is -2.08. The van der Waals surface area contributed by atoms with Crippen molar-refractivity contribution in [3.05, 3.63) is 65.9 Å². The lowest BCUT2D eigenvalue weighted by atomic mass is 10.1. The number of aromatic nitrogens is 1. The van der Waals surface area contributed by atoms with Crippen molar-refractivity contribution in [3.63, 3.8) is 0 Å². The molecule has 0 spiro atoms. The number of rotatable bonds is 3. The molecule has 0 saturated carbocycles. The van der Waals surface area contributed by atoms with Gasteiger partial charge in [-0.1, -0.05) is 30.3 Å². The first-order valence-corrected chi connectivity index (χ1v) is 5.71. The number of benzene rings is 1. The number of carbonyl (C=O) groups excluding carboxylic acids is 1. The van der Waals surface area contributed by atoms with Gasteiger partial charge in [-0.3, -0.25) is 4.79 Å². The van der Waals surface area contributed by atoms with E-state index in [0.29, 0.717) is 5.82 Å². The predicted molar refractivity (Wildman–Crippen MR) is 73.1 cm³/mol. The van der Waals surface area contributed by atoms with Crippen LogP contribution in [0, 0.1) is 6.92 Å². The number of carbonyl (C=O) groups is 1. The summed E-state index contributed by atoms with van der Waals surface area (Å²) >= 11 is 0. The smallest absolute Gasteiger partial charge is 0.249 e. The molecule has 1 N–H and O–H groups in total. The minimum atomic E-state index is -0.183. The number of hydrogen-bond acceptors (Lipinski definition) is 2. The maximum absolute atomic E-state index is 11.7. The molecule has 1 aromatic carbocycles. The van der Waals surface area contributed by atoms with Gasteiger partial charge in [-0.05, 0) is 36.3 Å². The summed E-state index contributed by atoms with van der Waals surface area (Å²) in [5.41, 5.74) is 2.17. The summed E-state index contributed by atoms with van der Waals surface area (Å²) in [7, 11) is 0. The van der Waals surface area contributed by atoms with Crippen LogP contribution in [0.4, 0.5) is 5.82 Å². The average molecular weight is 238 g/mol. The SMILES string of the molecule is Cc1ccccc1/C=C/C(=O)Nc1ccccn1. The van der Waals surface area contributed by atoms with E-state index in [1.54, 1.807) is 24.4 Å². The van der Waals surface area contributed by atoms with Crippen LogP contribution in [0.1, 0.15) is 11.1 Å². The van der Waals surface area contributed by atoms with Crippen molar-refractivity contribution in [2.24, 2.45) is 0 Å². The zero-order chi connectivity index (χ0) is 12.8. The zero-order valence-corrected chi connectivity index (χ0v) is 10.1. The van der Waals surface area contributed by atoms with E-state index in [9.17, 15) is 4.79 Å². The van der Waals surface area contributed by atoms with Crippen LogP contribution >= 0.6 is 0 Å². The maximum atomic E-state index is 11.7. The van der Waals surface area contributed by atoms with E-state index in [2.05, 4.69) is 10.3 Å². The fourth-order valence-corrected chi connectivity index (χ4v) is 1.54. The van der Waals surface area contributed by atoms with Gasteiger partial charge in [-0.15, -0.1) is 0 Å². The van der Waals surface area contributed by atoms with Gasteiger partial charge in [0, 0.05) is 12.3 Å². The van der Waals surface area contributed by atoms with Gasteiger partial charge in [0.2, 0.25) is 5.91 Å². The summed E-state index contributed by atoms with van der Waals surface area (Å²) < 4.78 is 0. The number of pyridine rings is 1. The highest BCUT2D eigenvalue weighted by Crippen LogP contribution is 2.09. The Morgan fingerprint density at radius 2 is 1.94 bits per heavy atom. The van der Waals surface area contributed by atoms with Gasteiger partial charge in [-0.25, -0.2) is 4.98 Å². The first-order chi connectivity index (χ1) is 8.75. The minimum Gasteiger partial charge on any atom is -0.307 e. The van der Waals surface area contributed by atoms with Crippen LogP contribution in [0.15, 0.2) is 54.7 Å². The Kier molecular flexibility index (Phi) is 3.86. The number of anilines is 1. The van der Waals surface area contributed by atoms with Crippen molar-refractivity contribution in [3.8, 4) is 0 Å². The highest BCUT2D eigenvalue weighted by molar-refractivity contribution is 6.01. The van der Waals surface area contributed by atoms with Crippen LogP contribution in [0.5, 0.6) is 0 Å². The molecule has 3 nitrogen and oxygen atoms in total. The Morgan fingerprint density at radius 1 is 1.17 bits per heavy atom. The van der Waals surface area contributed by atoms with E-state index in [-0.39, 0.29) is 5.91 Å². The van der Waals surface area contributed by atoms with Gasteiger partial charge in [0.25, 0.3) is 0 Å². The second-order valence-corrected chi connectivity index (χ2v) is 3.89. The van der Waals surface area contributed by atoms with E-state index in [1.165, 1.54) is 6.08 Å². The molecule has 1 heterocycles. The van der Waals surface area contributed by atoms with Crippen LogP contribution in [-0.2, 0) is 4.79 Å². The zero-order valence-electron chi connectivity index (χ0n) is 10.1. The fraction of sp³-hybridized carbons (Fsp3) is 0.0667. The summed E-state index contributed by atoms with van der Waals surface area (Å²) in [4.78, 5) is 15.7. The van der Waals surface area contributed by atoms with Crippen LogP contribution in [0.25, 0.3) is 6.08 Å². The number of aryl methyl sites for hydroxylation is 1. The molecule has 3 heteroatoms. The van der Waals surface area contributed by atoms with Crippen molar-refractivity contribution in [1.82, 2.24) is 4.98 Å². The van der Waals surface area contributed by atoms with Gasteiger partial charge in [0.15, 0.2) is 0 Å². The second-order valence-electron chi connectivity index (χ2n) is 3.89. The molecule has 90 valence electrons. The Labute approximate surface area is 106 Å². The van der Waals surface area contributed by atoms with Crippen LogP contribution in [0.3, 0.4) is 0 Å². The standard InChI is InChI=1S/C15H14N2O/c1-12-6-2-3-7-13(12)9-10-15(18)17-14-8-4-5-11-16-14/h2-11H,1H3,(H,16,17,18)/b10-9+. The molecule has 2 rings (SSSR count). The largest absolute Gasteiger partial charge is 0.307 e. The fourth-order valence-electron chi connectivity index (χ4n) is 1.54. The van der Waals surface area contributed by atoms with Gasteiger partial charge < -0.3 is 5.32 Å². The van der Waals surface area contributed by atoms with E-state index in [0.717, 1.165) is 11.1 Å². The van der Waals surface area contributed by atoms with E-state index in [4.69, 9.17) is 0 Å². The topological polar surface area (TPSA) is 42.0 Å². The van der Waals surface area contributed by atoms with Gasteiger partial charge in [-0.2, -0.15) is 0 Å². The molecule has 0 bridgehead atoms. The maximum Gasteiger partial charge on any atom is 0.249 e. The molecule has 2 aromatic rings. The summed E-state index contributed by atoms with van der Waals surface area (Å²) in [5.74, 6) is 0.369. The number of nitrogens with zero attached hydrogens (tertiary/aromatic N) is 1. The second kappa shape index (κ2) is 5.77. The van der Waals surface area contributed by atoms with Crippen molar-refractivity contribution < 1.29 is 4.79 Å². The number of nitrogens with one attached hydrogen (secondary N) is 1. The van der Waals surface area contributed by atoms with Crippen molar-refractivity contribution in [2.75, 3.05) is 5.32 Å². The highest BCUT2D eigenvalue weighted by atomic mass is 16.1. The van der Waals surface area contributed by atoms with Crippen molar-refractivity contribution in [1.29, 1.82) is 0 Å². The summed E-state index contributed by atoms with van der Waals surface area (Å²) in [6.07, 6.45) is 4.95. The van der Waals surface area contributed by atoms with E-state index < -0.39 is 0 Å². The average Bonchev–Trinajstić information content (AvgIpc) is 2.39. The van der Waals surface area contributed by atoms with Crippen LogP contribution in [0.2, 0.25) is 0 Å². The van der Waals surface area contributed by atoms with Gasteiger partial charge in [0.1, 0.15) is 5.82 Å². The molecule has 18 heavy (non-hydrogen) atoms. The van der Waals surface area contributed by atoms with Crippen molar-refractivity contribution >= 4 is 17.8 Å².